The van der Waals surface area contributed by atoms with E-state index in [1.807, 2.05) is 12.1 Å². The molecule has 3 rings (SSSR count). The number of nitrogens with one attached hydrogen (secondary N) is 3. The zero-order valence-electron chi connectivity index (χ0n) is 20.9. The van der Waals surface area contributed by atoms with Crippen LogP contribution in [-0.2, 0) is 21.3 Å². The van der Waals surface area contributed by atoms with Crippen LogP contribution in [0.5, 0.6) is 0 Å². The summed E-state index contributed by atoms with van der Waals surface area (Å²) >= 11 is 0. The van der Waals surface area contributed by atoms with Crippen molar-refractivity contribution in [1.29, 1.82) is 5.41 Å². The maximum atomic E-state index is 13.2. The van der Waals surface area contributed by atoms with Crippen LogP contribution < -0.4 is 10.6 Å². The Kier molecular flexibility index (Phi) is 12.0. The molecule has 1 saturated heterocycles. The Bertz CT molecular complexity index is 987. The number of anilines is 1. The van der Waals surface area contributed by atoms with E-state index in [0.717, 1.165) is 69.8 Å². The fraction of sp³-hybridized carbons (Fsp3) is 0.560. The SMILES string of the molecule is N=C(NCCCCCCS(=O)(=O)N(CCCN1CCOCC1)Cc1cccnc1)Nc1ccncc1. The predicted molar refractivity (Wildman–Crippen MR) is 142 cm³/mol. The highest BCUT2D eigenvalue weighted by Gasteiger charge is 2.22. The van der Waals surface area contributed by atoms with E-state index in [9.17, 15) is 8.42 Å². The molecule has 0 unspecified atom stereocenters. The second kappa shape index (κ2) is 15.5. The third kappa shape index (κ3) is 10.6. The third-order valence-corrected chi connectivity index (χ3v) is 7.94. The van der Waals surface area contributed by atoms with Gasteiger partial charge in [0.1, 0.15) is 0 Å². The first-order chi connectivity index (χ1) is 17.5. The molecule has 10 nitrogen and oxygen atoms in total. The van der Waals surface area contributed by atoms with Crippen LogP contribution in [-0.4, -0.2) is 85.2 Å². The molecule has 1 fully saturated rings. The summed E-state index contributed by atoms with van der Waals surface area (Å²) in [4.78, 5) is 10.4. The molecule has 36 heavy (non-hydrogen) atoms. The molecule has 3 heterocycles. The van der Waals surface area contributed by atoms with Gasteiger partial charge in [-0.15, -0.1) is 0 Å². The van der Waals surface area contributed by atoms with Gasteiger partial charge in [0.25, 0.3) is 0 Å². The van der Waals surface area contributed by atoms with Crippen molar-refractivity contribution < 1.29 is 13.2 Å². The Morgan fingerprint density at radius 3 is 2.56 bits per heavy atom. The van der Waals surface area contributed by atoms with Crippen molar-refractivity contribution in [1.82, 2.24) is 24.5 Å². The number of rotatable bonds is 15. The van der Waals surface area contributed by atoms with Crippen molar-refractivity contribution in [3.63, 3.8) is 0 Å². The van der Waals surface area contributed by atoms with Gasteiger partial charge in [-0.05, 0) is 49.6 Å². The molecule has 3 N–H and O–H groups in total. The van der Waals surface area contributed by atoms with Crippen LogP contribution in [0.2, 0.25) is 0 Å². The molecule has 0 radical (unpaired) electrons. The lowest BCUT2D eigenvalue weighted by molar-refractivity contribution is 0.0368. The first-order valence-corrected chi connectivity index (χ1v) is 14.3. The van der Waals surface area contributed by atoms with E-state index in [2.05, 4.69) is 25.5 Å². The van der Waals surface area contributed by atoms with Crippen molar-refractivity contribution in [3.05, 3.63) is 54.6 Å². The molecular formula is C25H39N7O3S. The van der Waals surface area contributed by atoms with Gasteiger partial charge >= 0.3 is 0 Å². The standard InChI is InChI=1S/C25H39N7O3S/c26-25(30-24-8-12-27-13-9-24)29-11-3-1-2-4-20-36(33,34)32(22-23-7-5-10-28-21-23)15-6-14-31-16-18-35-19-17-31/h5,7-10,12-13,21H,1-4,6,11,14-20,22H2,(H3,26,27,29,30). The van der Waals surface area contributed by atoms with Crippen molar-refractivity contribution in [2.75, 3.05) is 57.0 Å². The molecule has 0 aromatic carbocycles. The van der Waals surface area contributed by atoms with Crippen LogP contribution >= 0.6 is 0 Å². The molecule has 2 aromatic heterocycles. The third-order valence-electron chi connectivity index (χ3n) is 6.04. The molecule has 0 bridgehead atoms. The van der Waals surface area contributed by atoms with E-state index in [0.29, 0.717) is 26.1 Å². The van der Waals surface area contributed by atoms with Gasteiger partial charge in [-0.1, -0.05) is 18.9 Å². The van der Waals surface area contributed by atoms with Gasteiger partial charge in [0.2, 0.25) is 10.0 Å². The molecule has 0 aliphatic carbocycles. The van der Waals surface area contributed by atoms with Crippen LogP contribution in [0.1, 0.15) is 37.7 Å². The maximum absolute atomic E-state index is 13.2. The van der Waals surface area contributed by atoms with Gasteiger partial charge < -0.3 is 15.4 Å². The molecule has 1 aliphatic heterocycles. The molecule has 0 amide bonds. The average molecular weight is 518 g/mol. The maximum Gasteiger partial charge on any atom is 0.214 e. The van der Waals surface area contributed by atoms with Crippen LogP contribution in [0.4, 0.5) is 5.69 Å². The summed E-state index contributed by atoms with van der Waals surface area (Å²) in [6.45, 7) is 5.71. The smallest absolute Gasteiger partial charge is 0.214 e. The minimum atomic E-state index is -3.37. The Labute approximate surface area is 215 Å². The number of unbranched alkanes of at least 4 members (excludes halogenated alkanes) is 3. The second-order valence-corrected chi connectivity index (χ2v) is 11.0. The van der Waals surface area contributed by atoms with Gasteiger partial charge in [0, 0.05) is 63.2 Å². The minimum Gasteiger partial charge on any atom is -0.379 e. The highest BCUT2D eigenvalue weighted by atomic mass is 32.2. The quantitative estimate of drug-likeness (QED) is 0.187. The largest absolute Gasteiger partial charge is 0.379 e. The number of morpholine rings is 1. The van der Waals surface area contributed by atoms with Crippen LogP contribution in [0.15, 0.2) is 49.1 Å². The Morgan fingerprint density at radius 1 is 1.03 bits per heavy atom. The van der Waals surface area contributed by atoms with E-state index >= 15 is 0 Å². The fourth-order valence-corrected chi connectivity index (χ4v) is 5.62. The second-order valence-electron chi connectivity index (χ2n) is 8.90. The van der Waals surface area contributed by atoms with Gasteiger partial charge in [-0.2, -0.15) is 4.31 Å². The Morgan fingerprint density at radius 2 is 1.81 bits per heavy atom. The Hall–Kier alpha value is -2.60. The van der Waals surface area contributed by atoms with E-state index in [4.69, 9.17) is 10.1 Å². The predicted octanol–water partition coefficient (Wildman–Crippen LogP) is 2.53. The van der Waals surface area contributed by atoms with Crippen molar-refractivity contribution >= 4 is 21.7 Å². The lowest BCUT2D eigenvalue weighted by atomic mass is 10.2. The van der Waals surface area contributed by atoms with Gasteiger partial charge in [0.15, 0.2) is 5.96 Å². The number of sulfonamides is 1. The van der Waals surface area contributed by atoms with E-state index in [1.54, 1.807) is 41.2 Å². The fourth-order valence-electron chi connectivity index (χ4n) is 4.04. The first kappa shape index (κ1) is 28.0. The number of pyridine rings is 2. The monoisotopic (exact) mass is 517 g/mol. The molecule has 0 saturated carbocycles. The summed E-state index contributed by atoms with van der Waals surface area (Å²) in [6.07, 6.45) is 10.8. The molecule has 11 heteroatoms. The molecule has 0 spiro atoms. The molecule has 2 aromatic rings. The summed E-state index contributed by atoms with van der Waals surface area (Å²) in [5, 5.41) is 14.0. The van der Waals surface area contributed by atoms with Crippen molar-refractivity contribution in [2.24, 2.45) is 0 Å². The highest BCUT2D eigenvalue weighted by molar-refractivity contribution is 7.89. The van der Waals surface area contributed by atoms with Gasteiger partial charge in [-0.3, -0.25) is 20.3 Å². The minimum absolute atomic E-state index is 0.150. The summed E-state index contributed by atoms with van der Waals surface area (Å²) < 4.78 is 33.4. The van der Waals surface area contributed by atoms with Crippen LogP contribution in [0.25, 0.3) is 0 Å². The number of guanidine groups is 1. The molecule has 0 atom stereocenters. The topological polar surface area (TPSA) is 124 Å². The molecular weight excluding hydrogens is 478 g/mol. The number of ether oxygens (including phenoxy) is 1. The lowest BCUT2D eigenvalue weighted by Crippen LogP contribution is -2.39. The normalized spacial score (nSPS) is 14.6. The molecule has 198 valence electrons. The van der Waals surface area contributed by atoms with E-state index in [1.165, 1.54) is 0 Å². The summed E-state index contributed by atoms with van der Waals surface area (Å²) in [7, 11) is -3.37. The van der Waals surface area contributed by atoms with Crippen molar-refractivity contribution in [3.8, 4) is 0 Å². The summed E-state index contributed by atoms with van der Waals surface area (Å²) in [6, 6.07) is 7.37. The zero-order valence-corrected chi connectivity index (χ0v) is 21.8. The highest BCUT2D eigenvalue weighted by Crippen LogP contribution is 2.13. The Balaban J connectivity index is 1.37. The van der Waals surface area contributed by atoms with Crippen LogP contribution in [0.3, 0.4) is 0 Å². The number of nitrogens with zero attached hydrogens (tertiary/aromatic N) is 4. The van der Waals surface area contributed by atoms with Gasteiger partial charge in [0.05, 0.1) is 19.0 Å². The average Bonchev–Trinajstić information content (AvgIpc) is 2.89. The summed E-state index contributed by atoms with van der Waals surface area (Å²) in [5.74, 6) is 0.393. The molecule has 1 aliphatic rings. The van der Waals surface area contributed by atoms with E-state index < -0.39 is 10.0 Å². The van der Waals surface area contributed by atoms with E-state index in [-0.39, 0.29) is 11.7 Å². The lowest BCUT2D eigenvalue weighted by Gasteiger charge is -2.28. The number of hydrogen-bond donors (Lipinski definition) is 3. The van der Waals surface area contributed by atoms with Crippen LogP contribution in [0, 0.1) is 5.41 Å². The first-order valence-electron chi connectivity index (χ1n) is 12.7. The summed E-state index contributed by atoms with van der Waals surface area (Å²) in [5.41, 5.74) is 1.72. The number of aromatic nitrogens is 2. The van der Waals surface area contributed by atoms with Gasteiger partial charge in [-0.25, -0.2) is 8.42 Å². The number of hydrogen-bond acceptors (Lipinski definition) is 7. The van der Waals surface area contributed by atoms with Crippen molar-refractivity contribution in [2.45, 2.75) is 38.6 Å². The zero-order chi connectivity index (χ0) is 25.5.